The lowest BCUT2D eigenvalue weighted by atomic mass is 10.1. The van der Waals surface area contributed by atoms with Crippen LogP contribution in [0.25, 0.3) is 0 Å². The minimum absolute atomic E-state index is 0.169. The zero-order valence-corrected chi connectivity index (χ0v) is 14.1. The summed E-state index contributed by atoms with van der Waals surface area (Å²) in [5, 5.41) is 12.5. The van der Waals surface area contributed by atoms with Gasteiger partial charge in [-0.2, -0.15) is 0 Å². The van der Waals surface area contributed by atoms with E-state index in [1.807, 2.05) is 0 Å². The highest BCUT2D eigenvalue weighted by atomic mass is 32.2. The molecule has 0 bridgehead atoms. The second-order valence-corrected chi connectivity index (χ2v) is 8.38. The zero-order valence-electron chi connectivity index (χ0n) is 12.5. The average molecular weight is 370 g/mol. The summed E-state index contributed by atoms with van der Waals surface area (Å²) in [5.41, 5.74) is 0.594. The Balaban J connectivity index is 1.94. The number of carboxylic acid groups (broad SMARTS) is 1. The Labute approximate surface area is 142 Å². The molecule has 6 nitrogen and oxygen atoms in total. The SMILES string of the molecule is O=C(O)c1c(S(=O)(=O)NCc2ccccc2F)sc2c1CCNC2. The van der Waals surface area contributed by atoms with Crippen LogP contribution in [0.4, 0.5) is 4.39 Å². The van der Waals surface area contributed by atoms with Crippen molar-refractivity contribution in [1.82, 2.24) is 10.0 Å². The molecule has 0 atom stereocenters. The Kier molecular flexibility index (Phi) is 4.68. The molecule has 0 unspecified atom stereocenters. The van der Waals surface area contributed by atoms with Crippen molar-refractivity contribution in [3.05, 3.63) is 51.7 Å². The van der Waals surface area contributed by atoms with Crippen LogP contribution in [-0.4, -0.2) is 26.0 Å². The molecule has 24 heavy (non-hydrogen) atoms. The van der Waals surface area contributed by atoms with Gasteiger partial charge in [-0.3, -0.25) is 0 Å². The van der Waals surface area contributed by atoms with E-state index in [0.717, 1.165) is 11.3 Å². The van der Waals surface area contributed by atoms with Crippen LogP contribution < -0.4 is 10.0 Å². The maximum Gasteiger partial charge on any atom is 0.338 e. The van der Waals surface area contributed by atoms with Gasteiger partial charge in [0.15, 0.2) is 0 Å². The van der Waals surface area contributed by atoms with Gasteiger partial charge >= 0.3 is 5.97 Å². The number of nitrogens with one attached hydrogen (secondary N) is 2. The second-order valence-electron chi connectivity index (χ2n) is 5.31. The highest BCUT2D eigenvalue weighted by Crippen LogP contribution is 2.34. The molecule has 2 heterocycles. The molecule has 128 valence electrons. The summed E-state index contributed by atoms with van der Waals surface area (Å²) in [5.74, 6) is -1.78. The molecule has 1 aromatic heterocycles. The molecule has 0 radical (unpaired) electrons. The number of sulfonamides is 1. The fraction of sp³-hybridized carbons (Fsp3) is 0.267. The van der Waals surface area contributed by atoms with Crippen molar-refractivity contribution in [1.29, 1.82) is 0 Å². The molecule has 0 aliphatic carbocycles. The van der Waals surface area contributed by atoms with Crippen LogP contribution in [0.2, 0.25) is 0 Å². The maximum absolute atomic E-state index is 13.6. The number of aromatic carboxylic acids is 1. The van der Waals surface area contributed by atoms with Gasteiger partial charge < -0.3 is 10.4 Å². The van der Waals surface area contributed by atoms with Gasteiger partial charge in [-0.25, -0.2) is 22.3 Å². The lowest BCUT2D eigenvalue weighted by Crippen LogP contribution is -2.25. The molecule has 0 spiro atoms. The number of fused-ring (bicyclic) bond motifs is 1. The van der Waals surface area contributed by atoms with Crippen LogP contribution in [0.3, 0.4) is 0 Å². The first-order valence-corrected chi connectivity index (χ1v) is 9.51. The van der Waals surface area contributed by atoms with Crippen molar-refractivity contribution in [2.24, 2.45) is 0 Å². The summed E-state index contributed by atoms with van der Waals surface area (Å²) >= 11 is 0.949. The fourth-order valence-corrected chi connectivity index (χ4v) is 5.51. The minimum atomic E-state index is -4.05. The molecular formula is C15H15FN2O4S2. The summed E-state index contributed by atoms with van der Waals surface area (Å²) in [6.45, 7) is 0.810. The van der Waals surface area contributed by atoms with Gasteiger partial charge in [-0.15, -0.1) is 11.3 Å². The number of carboxylic acids is 1. The molecule has 0 saturated carbocycles. The van der Waals surface area contributed by atoms with Gasteiger partial charge in [0.2, 0.25) is 0 Å². The molecule has 1 aliphatic rings. The number of thiophene rings is 1. The predicted molar refractivity (Wildman–Crippen MR) is 87.1 cm³/mol. The third-order valence-corrected chi connectivity index (χ3v) is 6.92. The van der Waals surface area contributed by atoms with Gasteiger partial charge in [0.25, 0.3) is 10.0 Å². The Morgan fingerprint density at radius 2 is 2.12 bits per heavy atom. The smallest absolute Gasteiger partial charge is 0.338 e. The summed E-state index contributed by atoms with van der Waals surface area (Å²) < 4.78 is 40.8. The van der Waals surface area contributed by atoms with Crippen molar-refractivity contribution < 1.29 is 22.7 Å². The number of hydrogen-bond donors (Lipinski definition) is 3. The minimum Gasteiger partial charge on any atom is -0.478 e. The number of hydrogen-bond acceptors (Lipinski definition) is 5. The first-order chi connectivity index (χ1) is 11.4. The van der Waals surface area contributed by atoms with Crippen molar-refractivity contribution in [2.75, 3.05) is 6.54 Å². The second kappa shape index (κ2) is 6.60. The fourth-order valence-electron chi connectivity index (χ4n) is 2.60. The van der Waals surface area contributed by atoms with Crippen LogP contribution in [0.15, 0.2) is 28.5 Å². The number of rotatable bonds is 5. The van der Waals surface area contributed by atoms with E-state index in [-0.39, 0.29) is 21.9 Å². The van der Waals surface area contributed by atoms with Crippen LogP contribution in [0.1, 0.15) is 26.4 Å². The summed E-state index contributed by atoms with van der Waals surface area (Å²) in [7, 11) is -4.05. The van der Waals surface area contributed by atoms with Crippen molar-refractivity contribution in [3.8, 4) is 0 Å². The molecule has 1 aliphatic heterocycles. The summed E-state index contributed by atoms with van der Waals surface area (Å²) in [6.07, 6.45) is 0.469. The highest BCUT2D eigenvalue weighted by molar-refractivity contribution is 7.91. The van der Waals surface area contributed by atoms with Crippen LogP contribution >= 0.6 is 11.3 Å². The van der Waals surface area contributed by atoms with Crippen LogP contribution in [0.5, 0.6) is 0 Å². The molecule has 2 aromatic rings. The molecule has 0 amide bonds. The van der Waals surface area contributed by atoms with Crippen molar-refractivity contribution >= 4 is 27.3 Å². The van der Waals surface area contributed by atoms with E-state index in [2.05, 4.69) is 10.0 Å². The third kappa shape index (κ3) is 3.20. The topological polar surface area (TPSA) is 95.5 Å². The number of benzene rings is 1. The third-order valence-electron chi connectivity index (χ3n) is 3.76. The first-order valence-electron chi connectivity index (χ1n) is 7.22. The average Bonchev–Trinajstić information content (AvgIpc) is 2.95. The van der Waals surface area contributed by atoms with E-state index >= 15 is 0 Å². The number of halogens is 1. The van der Waals surface area contributed by atoms with Gasteiger partial charge in [0, 0.05) is 23.5 Å². The zero-order chi connectivity index (χ0) is 17.3. The molecule has 0 saturated heterocycles. The normalized spacial score (nSPS) is 14.4. The van der Waals surface area contributed by atoms with Crippen LogP contribution in [0, 0.1) is 5.82 Å². The van der Waals surface area contributed by atoms with Gasteiger partial charge in [0.1, 0.15) is 10.0 Å². The predicted octanol–water partition coefficient (Wildman–Crippen LogP) is 1.71. The van der Waals surface area contributed by atoms with Gasteiger partial charge in [0.05, 0.1) is 5.56 Å². The molecule has 9 heteroatoms. The largest absolute Gasteiger partial charge is 0.478 e. The van der Waals surface area contributed by atoms with Crippen molar-refractivity contribution in [2.45, 2.75) is 23.7 Å². The van der Waals surface area contributed by atoms with E-state index in [1.165, 1.54) is 18.2 Å². The van der Waals surface area contributed by atoms with E-state index in [9.17, 15) is 22.7 Å². The van der Waals surface area contributed by atoms with E-state index in [1.54, 1.807) is 6.07 Å². The van der Waals surface area contributed by atoms with E-state index < -0.39 is 21.8 Å². The van der Waals surface area contributed by atoms with E-state index in [0.29, 0.717) is 30.0 Å². The van der Waals surface area contributed by atoms with Gasteiger partial charge in [-0.05, 0) is 24.6 Å². The molecule has 3 rings (SSSR count). The summed E-state index contributed by atoms with van der Waals surface area (Å²) in [4.78, 5) is 12.3. The Bertz CT molecular complexity index is 893. The quantitative estimate of drug-likeness (QED) is 0.745. The molecule has 1 aromatic carbocycles. The first kappa shape index (κ1) is 17.0. The standard InChI is InChI=1S/C15H15FN2O4S2/c16-11-4-2-1-3-9(11)7-18-24(21,22)15-13(14(19)20)10-5-6-17-8-12(10)23-15/h1-4,17-18H,5-8H2,(H,19,20). The number of carbonyl (C=O) groups is 1. The lowest BCUT2D eigenvalue weighted by Gasteiger charge is -2.12. The molecule has 0 fully saturated rings. The Hall–Kier alpha value is -1.81. The summed E-state index contributed by atoms with van der Waals surface area (Å²) in [6, 6.07) is 5.82. The van der Waals surface area contributed by atoms with Crippen molar-refractivity contribution in [3.63, 3.8) is 0 Å². The Morgan fingerprint density at radius 3 is 2.83 bits per heavy atom. The van der Waals surface area contributed by atoms with E-state index in [4.69, 9.17) is 0 Å². The monoisotopic (exact) mass is 370 g/mol. The molecule has 3 N–H and O–H groups in total. The Morgan fingerprint density at radius 1 is 1.38 bits per heavy atom. The molecular weight excluding hydrogens is 355 g/mol. The van der Waals surface area contributed by atoms with Crippen LogP contribution in [-0.2, 0) is 29.5 Å². The lowest BCUT2D eigenvalue weighted by molar-refractivity contribution is 0.0692. The maximum atomic E-state index is 13.6. The van der Waals surface area contributed by atoms with Gasteiger partial charge in [-0.1, -0.05) is 18.2 Å². The highest BCUT2D eigenvalue weighted by Gasteiger charge is 2.31.